The first-order valence-corrected chi connectivity index (χ1v) is 8.75. The highest BCUT2D eigenvalue weighted by atomic mass is 19.2. The van der Waals surface area contributed by atoms with E-state index >= 15 is 0 Å². The quantitative estimate of drug-likeness (QED) is 0.501. The van der Waals surface area contributed by atoms with Gasteiger partial charge in [-0.15, -0.1) is 0 Å². The lowest BCUT2D eigenvalue weighted by Crippen LogP contribution is -2.02. The third kappa shape index (κ3) is 4.31. The minimum Gasteiger partial charge on any atom is -0.202 e. The second-order valence-corrected chi connectivity index (χ2v) is 6.35. The van der Waals surface area contributed by atoms with Gasteiger partial charge in [-0.05, 0) is 47.6 Å². The Kier molecular flexibility index (Phi) is 5.71. The lowest BCUT2D eigenvalue weighted by molar-refractivity contribution is 0.441. The number of aromatic nitrogens is 1. The molecule has 0 aliphatic carbocycles. The van der Waals surface area contributed by atoms with Gasteiger partial charge in [0.2, 0.25) is 5.95 Å². The van der Waals surface area contributed by atoms with Crippen LogP contribution in [0, 0.1) is 17.7 Å². The number of aryl methyl sites for hydroxylation is 3. The monoisotopic (exact) mass is 355 g/mol. The van der Waals surface area contributed by atoms with Crippen molar-refractivity contribution in [3.05, 3.63) is 89.0 Å². The number of rotatable bonds is 6. The van der Waals surface area contributed by atoms with Crippen molar-refractivity contribution in [1.29, 1.82) is 0 Å². The summed E-state index contributed by atoms with van der Waals surface area (Å²) in [6.45, 7) is 2.16. The number of pyridine rings is 1. The Balaban J connectivity index is 1.67. The molecule has 0 fully saturated rings. The van der Waals surface area contributed by atoms with Gasteiger partial charge in [-0.1, -0.05) is 61.9 Å². The lowest BCUT2D eigenvalue weighted by Gasteiger charge is -2.07. The van der Waals surface area contributed by atoms with Crippen LogP contribution in [-0.4, -0.2) is 4.98 Å². The molecule has 0 unspecified atom stereocenters. The van der Waals surface area contributed by atoms with Crippen LogP contribution in [0.15, 0.2) is 54.6 Å². The third-order valence-electron chi connectivity index (χ3n) is 4.42. The maximum Gasteiger partial charge on any atom is 0.251 e. The Labute approximate surface area is 151 Å². The maximum atomic E-state index is 13.6. The first-order chi connectivity index (χ1) is 12.6. The zero-order valence-corrected chi connectivity index (χ0v) is 14.6. The van der Waals surface area contributed by atoms with Crippen LogP contribution in [0.2, 0.25) is 0 Å². The van der Waals surface area contributed by atoms with E-state index in [0.29, 0.717) is 6.42 Å². The van der Waals surface area contributed by atoms with Crippen molar-refractivity contribution in [3.8, 4) is 11.1 Å². The summed E-state index contributed by atoms with van der Waals surface area (Å²) in [4.78, 5) is 2.95. The first-order valence-electron chi connectivity index (χ1n) is 8.75. The summed E-state index contributed by atoms with van der Waals surface area (Å²) in [5, 5.41) is 0. The van der Waals surface area contributed by atoms with Crippen LogP contribution in [0.4, 0.5) is 13.2 Å². The molecule has 0 aliphatic rings. The Morgan fingerprint density at radius 2 is 1.23 bits per heavy atom. The Morgan fingerprint density at radius 3 is 1.77 bits per heavy atom. The summed E-state index contributed by atoms with van der Waals surface area (Å²) in [5.74, 6) is -3.48. The Hall–Kier alpha value is -2.62. The van der Waals surface area contributed by atoms with Crippen molar-refractivity contribution in [2.75, 3.05) is 0 Å². The summed E-state index contributed by atoms with van der Waals surface area (Å²) >= 11 is 0. The molecule has 1 nitrogen and oxygen atoms in total. The molecule has 0 spiro atoms. The van der Waals surface area contributed by atoms with Gasteiger partial charge in [-0.3, -0.25) is 0 Å². The average Bonchev–Trinajstić information content (AvgIpc) is 2.65. The number of halogens is 3. The van der Waals surface area contributed by atoms with Crippen LogP contribution in [0.1, 0.15) is 30.0 Å². The summed E-state index contributed by atoms with van der Waals surface area (Å²) in [6, 6.07) is 17.4. The number of benzene rings is 2. The second-order valence-electron chi connectivity index (χ2n) is 6.35. The summed E-state index contributed by atoms with van der Waals surface area (Å²) in [7, 11) is 0. The topological polar surface area (TPSA) is 12.9 Å². The standard InChI is InChI=1S/C22H20F3N/c1-2-3-15-4-9-17(10-5-15)18-11-6-16(7-12-18)8-13-19-14-20(23)22(25)26-21(19)24/h4-7,9-12,14H,2-3,8,13H2,1H3. The van der Waals surface area contributed by atoms with E-state index < -0.39 is 17.7 Å². The van der Waals surface area contributed by atoms with Crippen molar-refractivity contribution in [2.24, 2.45) is 0 Å². The fourth-order valence-corrected chi connectivity index (χ4v) is 2.95. The maximum absolute atomic E-state index is 13.6. The first kappa shape index (κ1) is 18.2. The van der Waals surface area contributed by atoms with Gasteiger partial charge in [-0.2, -0.15) is 13.8 Å². The fourth-order valence-electron chi connectivity index (χ4n) is 2.95. The minimum absolute atomic E-state index is 0.0829. The van der Waals surface area contributed by atoms with Crippen LogP contribution in [0.25, 0.3) is 11.1 Å². The number of nitrogens with zero attached hydrogens (tertiary/aromatic N) is 1. The van der Waals surface area contributed by atoms with E-state index in [0.717, 1.165) is 35.6 Å². The van der Waals surface area contributed by atoms with Gasteiger partial charge in [0.25, 0.3) is 5.95 Å². The van der Waals surface area contributed by atoms with Gasteiger partial charge >= 0.3 is 0 Å². The molecule has 1 aromatic heterocycles. The van der Waals surface area contributed by atoms with Gasteiger partial charge in [-0.25, -0.2) is 4.39 Å². The highest BCUT2D eigenvalue weighted by Crippen LogP contribution is 2.22. The van der Waals surface area contributed by atoms with Gasteiger partial charge in [0.05, 0.1) is 0 Å². The second kappa shape index (κ2) is 8.17. The molecule has 2 aromatic carbocycles. The van der Waals surface area contributed by atoms with Crippen LogP contribution < -0.4 is 0 Å². The molecular formula is C22H20F3N. The Bertz CT molecular complexity index is 871. The van der Waals surface area contributed by atoms with E-state index in [1.54, 1.807) is 0 Å². The highest BCUT2D eigenvalue weighted by Gasteiger charge is 2.11. The van der Waals surface area contributed by atoms with Crippen LogP contribution in [-0.2, 0) is 19.3 Å². The summed E-state index contributed by atoms with van der Waals surface area (Å²) in [5.41, 5.74) is 4.67. The molecule has 3 rings (SSSR count). The van der Waals surface area contributed by atoms with E-state index in [1.165, 1.54) is 5.56 Å². The fraction of sp³-hybridized carbons (Fsp3) is 0.227. The largest absolute Gasteiger partial charge is 0.251 e. The van der Waals surface area contributed by atoms with Crippen molar-refractivity contribution in [3.63, 3.8) is 0 Å². The van der Waals surface area contributed by atoms with E-state index in [4.69, 9.17) is 0 Å². The van der Waals surface area contributed by atoms with Crippen molar-refractivity contribution in [2.45, 2.75) is 32.6 Å². The molecule has 0 saturated carbocycles. The van der Waals surface area contributed by atoms with Gasteiger partial charge in [0.15, 0.2) is 5.82 Å². The summed E-state index contributed by atoms with van der Waals surface area (Å²) < 4.78 is 39.7. The molecule has 0 radical (unpaired) electrons. The molecule has 26 heavy (non-hydrogen) atoms. The van der Waals surface area contributed by atoms with Crippen molar-refractivity contribution < 1.29 is 13.2 Å². The van der Waals surface area contributed by atoms with Gasteiger partial charge < -0.3 is 0 Å². The zero-order chi connectivity index (χ0) is 18.5. The molecular weight excluding hydrogens is 335 g/mol. The highest BCUT2D eigenvalue weighted by molar-refractivity contribution is 5.64. The Morgan fingerprint density at radius 1 is 0.692 bits per heavy atom. The van der Waals surface area contributed by atoms with E-state index in [9.17, 15) is 13.2 Å². The molecule has 4 heteroatoms. The minimum atomic E-state index is -1.40. The zero-order valence-electron chi connectivity index (χ0n) is 14.6. The smallest absolute Gasteiger partial charge is 0.202 e. The van der Waals surface area contributed by atoms with Gasteiger partial charge in [0, 0.05) is 5.56 Å². The van der Waals surface area contributed by atoms with Crippen molar-refractivity contribution in [1.82, 2.24) is 4.98 Å². The normalized spacial score (nSPS) is 10.9. The molecule has 0 amide bonds. The molecule has 3 aromatic rings. The molecule has 0 atom stereocenters. The average molecular weight is 355 g/mol. The molecule has 0 bridgehead atoms. The number of hydrogen-bond donors (Lipinski definition) is 0. The van der Waals surface area contributed by atoms with Crippen LogP contribution in [0.3, 0.4) is 0 Å². The van der Waals surface area contributed by atoms with E-state index in [1.807, 2.05) is 24.3 Å². The third-order valence-corrected chi connectivity index (χ3v) is 4.42. The van der Waals surface area contributed by atoms with Crippen LogP contribution >= 0.6 is 0 Å². The predicted molar refractivity (Wildman–Crippen MR) is 97.4 cm³/mol. The van der Waals surface area contributed by atoms with E-state index in [-0.39, 0.29) is 12.0 Å². The molecule has 0 saturated heterocycles. The molecule has 134 valence electrons. The summed E-state index contributed by atoms with van der Waals surface area (Å²) in [6.07, 6.45) is 3.00. The molecule has 0 N–H and O–H groups in total. The molecule has 0 aliphatic heterocycles. The predicted octanol–water partition coefficient (Wildman–Crippen LogP) is 5.90. The number of hydrogen-bond acceptors (Lipinski definition) is 1. The molecule has 1 heterocycles. The van der Waals surface area contributed by atoms with Gasteiger partial charge in [0.1, 0.15) is 0 Å². The van der Waals surface area contributed by atoms with Crippen LogP contribution in [0.5, 0.6) is 0 Å². The SMILES string of the molecule is CCCc1ccc(-c2ccc(CCc3cc(F)c(F)nc3F)cc2)cc1. The van der Waals surface area contributed by atoms with E-state index in [2.05, 4.69) is 36.2 Å². The van der Waals surface area contributed by atoms with Crippen molar-refractivity contribution >= 4 is 0 Å². The lowest BCUT2D eigenvalue weighted by atomic mass is 9.99.